The third-order valence-electron chi connectivity index (χ3n) is 4.52. The lowest BCUT2D eigenvalue weighted by Crippen LogP contribution is -2.27. The third kappa shape index (κ3) is 3.28. The molecule has 0 aromatic heterocycles. The van der Waals surface area contributed by atoms with Gasteiger partial charge in [-0.1, -0.05) is 30.3 Å². The maximum absolute atomic E-state index is 12.4. The molecule has 0 aliphatic carbocycles. The zero-order valence-corrected chi connectivity index (χ0v) is 14.8. The molecule has 2 atom stereocenters. The van der Waals surface area contributed by atoms with Crippen LogP contribution in [0.25, 0.3) is 0 Å². The zero-order valence-electron chi connectivity index (χ0n) is 14.8. The van der Waals surface area contributed by atoms with Gasteiger partial charge in [0.05, 0.1) is 12.2 Å². The summed E-state index contributed by atoms with van der Waals surface area (Å²) in [6.07, 6.45) is -0.161. The van der Waals surface area contributed by atoms with Crippen LogP contribution < -0.4 is 15.4 Å². The van der Waals surface area contributed by atoms with Crippen molar-refractivity contribution >= 4 is 11.8 Å². The van der Waals surface area contributed by atoms with Gasteiger partial charge < -0.3 is 20.5 Å². The number of nitrogens with one attached hydrogen (secondary N) is 2. The van der Waals surface area contributed by atoms with Crippen molar-refractivity contribution < 1.29 is 19.4 Å². The average Bonchev–Trinajstić information content (AvgIpc) is 3.00. The van der Waals surface area contributed by atoms with Crippen LogP contribution in [0.4, 0.5) is 0 Å². The molecule has 2 aromatic carbocycles. The number of carbonyl (C=O) groups excluding carboxylic acids is 2. The summed E-state index contributed by atoms with van der Waals surface area (Å²) in [5.74, 6) is -0.193. The summed E-state index contributed by atoms with van der Waals surface area (Å²) in [6.45, 7) is 1.96. The smallest absolute Gasteiger partial charge is 0.254 e. The molecular formula is C20H22N2O4. The Kier molecular flexibility index (Phi) is 5.23. The molecule has 0 fully saturated rings. The van der Waals surface area contributed by atoms with E-state index in [0.29, 0.717) is 16.9 Å². The van der Waals surface area contributed by atoms with E-state index >= 15 is 0 Å². The van der Waals surface area contributed by atoms with Crippen LogP contribution in [0.5, 0.6) is 5.75 Å². The van der Waals surface area contributed by atoms with Crippen molar-refractivity contribution in [1.29, 1.82) is 0 Å². The molecule has 3 rings (SSSR count). The standard InChI is InChI=1S/C20H22N2O4/c1-12-17(13-6-4-3-5-7-13)15-10-14(19(24)22-8-9-23)11-16(18(15)26-12)20(25)21-2/h3-7,10-12,17,23H,8-9H2,1-2H3,(H,21,25)(H,22,24)/t12-,17+/m1/s1. The molecule has 1 aliphatic rings. The van der Waals surface area contributed by atoms with E-state index in [-0.39, 0.29) is 37.0 Å². The van der Waals surface area contributed by atoms with Gasteiger partial charge in [0.2, 0.25) is 0 Å². The molecule has 26 heavy (non-hydrogen) atoms. The monoisotopic (exact) mass is 354 g/mol. The van der Waals surface area contributed by atoms with E-state index in [1.165, 1.54) is 6.07 Å². The minimum atomic E-state index is -0.335. The topological polar surface area (TPSA) is 87.7 Å². The summed E-state index contributed by atoms with van der Waals surface area (Å²) in [7, 11) is 1.54. The van der Waals surface area contributed by atoms with Crippen molar-refractivity contribution in [3.63, 3.8) is 0 Å². The minimum Gasteiger partial charge on any atom is -0.489 e. The fourth-order valence-corrected chi connectivity index (χ4v) is 3.34. The van der Waals surface area contributed by atoms with E-state index < -0.39 is 0 Å². The molecule has 1 aliphatic heterocycles. The highest BCUT2D eigenvalue weighted by atomic mass is 16.5. The van der Waals surface area contributed by atoms with Crippen molar-refractivity contribution in [3.8, 4) is 5.75 Å². The van der Waals surface area contributed by atoms with Gasteiger partial charge in [-0.3, -0.25) is 9.59 Å². The molecule has 0 saturated heterocycles. The highest BCUT2D eigenvalue weighted by Crippen LogP contribution is 2.44. The molecule has 3 N–H and O–H groups in total. The number of aliphatic hydroxyl groups is 1. The van der Waals surface area contributed by atoms with Crippen LogP contribution in [0.1, 0.15) is 44.7 Å². The van der Waals surface area contributed by atoms with Gasteiger partial charge in [-0.15, -0.1) is 0 Å². The lowest BCUT2D eigenvalue weighted by atomic mass is 9.87. The predicted octanol–water partition coefficient (Wildman–Crippen LogP) is 1.68. The normalized spacial score (nSPS) is 18.0. The lowest BCUT2D eigenvalue weighted by molar-refractivity contribution is 0.0944. The van der Waals surface area contributed by atoms with Gasteiger partial charge in [0.25, 0.3) is 11.8 Å². The van der Waals surface area contributed by atoms with E-state index in [2.05, 4.69) is 10.6 Å². The van der Waals surface area contributed by atoms with Crippen LogP contribution in [0.2, 0.25) is 0 Å². The van der Waals surface area contributed by atoms with E-state index in [1.54, 1.807) is 13.1 Å². The zero-order chi connectivity index (χ0) is 18.7. The van der Waals surface area contributed by atoms with Crippen molar-refractivity contribution in [2.45, 2.75) is 18.9 Å². The van der Waals surface area contributed by atoms with Gasteiger partial charge in [-0.2, -0.15) is 0 Å². The molecule has 0 bridgehead atoms. The molecule has 1 heterocycles. The number of ether oxygens (including phenoxy) is 1. The Labute approximate surface area is 152 Å². The minimum absolute atomic E-state index is 0.0693. The van der Waals surface area contributed by atoms with E-state index in [9.17, 15) is 9.59 Å². The largest absolute Gasteiger partial charge is 0.489 e. The van der Waals surface area contributed by atoms with Crippen LogP contribution in [-0.4, -0.2) is 43.2 Å². The number of fused-ring (bicyclic) bond motifs is 1. The number of benzene rings is 2. The summed E-state index contributed by atoms with van der Waals surface area (Å²) >= 11 is 0. The van der Waals surface area contributed by atoms with Gasteiger partial charge in [0, 0.05) is 30.6 Å². The summed E-state index contributed by atoms with van der Waals surface area (Å²) in [5.41, 5.74) is 2.59. The Morgan fingerprint density at radius 1 is 1.15 bits per heavy atom. The second-order valence-corrected chi connectivity index (χ2v) is 6.21. The second kappa shape index (κ2) is 7.58. The van der Waals surface area contributed by atoms with Crippen LogP contribution >= 0.6 is 0 Å². The molecular weight excluding hydrogens is 332 g/mol. The Bertz CT molecular complexity index is 820. The first-order valence-corrected chi connectivity index (χ1v) is 8.57. The van der Waals surface area contributed by atoms with Crippen LogP contribution in [0.3, 0.4) is 0 Å². The second-order valence-electron chi connectivity index (χ2n) is 6.21. The van der Waals surface area contributed by atoms with E-state index in [1.807, 2.05) is 37.3 Å². The summed E-state index contributed by atoms with van der Waals surface area (Å²) < 4.78 is 6.01. The first-order chi connectivity index (χ1) is 12.6. The van der Waals surface area contributed by atoms with Crippen molar-refractivity contribution in [1.82, 2.24) is 10.6 Å². The van der Waals surface area contributed by atoms with Crippen molar-refractivity contribution in [3.05, 3.63) is 64.7 Å². The Hall–Kier alpha value is -2.86. The summed E-state index contributed by atoms with van der Waals surface area (Å²) in [6, 6.07) is 13.2. The summed E-state index contributed by atoms with van der Waals surface area (Å²) in [4.78, 5) is 24.7. The van der Waals surface area contributed by atoms with E-state index in [0.717, 1.165) is 11.1 Å². The molecule has 0 radical (unpaired) electrons. The molecule has 0 spiro atoms. The van der Waals surface area contributed by atoms with Crippen molar-refractivity contribution in [2.24, 2.45) is 0 Å². The number of hydrogen-bond acceptors (Lipinski definition) is 4. The van der Waals surface area contributed by atoms with E-state index in [4.69, 9.17) is 9.84 Å². The highest BCUT2D eigenvalue weighted by Gasteiger charge is 2.36. The van der Waals surface area contributed by atoms with Gasteiger partial charge in [0.15, 0.2) is 0 Å². The molecule has 2 amide bonds. The predicted molar refractivity (Wildman–Crippen MR) is 97.6 cm³/mol. The van der Waals surface area contributed by atoms with Crippen LogP contribution in [0.15, 0.2) is 42.5 Å². The van der Waals surface area contributed by atoms with Crippen molar-refractivity contribution in [2.75, 3.05) is 20.2 Å². The maximum atomic E-state index is 12.4. The summed E-state index contributed by atoms with van der Waals surface area (Å²) in [5, 5.41) is 14.2. The van der Waals surface area contributed by atoms with Gasteiger partial charge in [0.1, 0.15) is 11.9 Å². The molecule has 0 unspecified atom stereocenters. The van der Waals surface area contributed by atoms with Gasteiger partial charge in [-0.25, -0.2) is 0 Å². The fourth-order valence-electron chi connectivity index (χ4n) is 3.34. The average molecular weight is 354 g/mol. The number of aliphatic hydroxyl groups excluding tert-OH is 1. The van der Waals surface area contributed by atoms with Gasteiger partial charge >= 0.3 is 0 Å². The maximum Gasteiger partial charge on any atom is 0.254 e. The van der Waals surface area contributed by atoms with Crippen LogP contribution in [0, 0.1) is 0 Å². The lowest BCUT2D eigenvalue weighted by Gasteiger charge is -2.15. The quantitative estimate of drug-likeness (QED) is 0.762. The molecule has 0 saturated carbocycles. The SMILES string of the molecule is CNC(=O)c1cc(C(=O)NCCO)cc2c1O[C@H](C)[C@H]2c1ccccc1. The Balaban J connectivity index is 2.11. The number of hydrogen-bond donors (Lipinski definition) is 3. The molecule has 6 heteroatoms. The Morgan fingerprint density at radius 2 is 1.88 bits per heavy atom. The first-order valence-electron chi connectivity index (χ1n) is 8.57. The number of amides is 2. The van der Waals surface area contributed by atoms with Crippen LogP contribution in [-0.2, 0) is 0 Å². The Morgan fingerprint density at radius 3 is 2.54 bits per heavy atom. The molecule has 136 valence electrons. The first kappa shape index (κ1) is 17.9. The third-order valence-corrected chi connectivity index (χ3v) is 4.52. The molecule has 2 aromatic rings. The fraction of sp³-hybridized carbons (Fsp3) is 0.300. The highest BCUT2D eigenvalue weighted by molar-refractivity contribution is 6.02. The molecule has 6 nitrogen and oxygen atoms in total. The number of carbonyl (C=O) groups is 2. The number of rotatable bonds is 5. The van der Waals surface area contributed by atoms with Gasteiger partial charge in [-0.05, 0) is 24.6 Å².